The normalized spacial score (nSPS) is 14.2. The molecule has 5 heteroatoms. The maximum Gasteiger partial charge on any atom is 0.191 e. The molecule has 1 heterocycles. The summed E-state index contributed by atoms with van der Waals surface area (Å²) in [4.78, 5) is 8.53. The van der Waals surface area contributed by atoms with Crippen LogP contribution in [0.25, 0.3) is 0 Å². The number of nitrogens with zero attached hydrogens (tertiary/aromatic N) is 2. The summed E-state index contributed by atoms with van der Waals surface area (Å²) in [6.07, 6.45) is 3.71. The van der Waals surface area contributed by atoms with Gasteiger partial charge in [0.2, 0.25) is 0 Å². The molecule has 0 saturated carbocycles. The second-order valence-electron chi connectivity index (χ2n) is 6.96. The Balaban J connectivity index is 2.01. The highest BCUT2D eigenvalue weighted by atomic mass is 19.1. The van der Waals surface area contributed by atoms with Crippen molar-refractivity contribution >= 4 is 5.96 Å². The largest absolute Gasteiger partial charge is 0.356 e. The second-order valence-corrected chi connectivity index (χ2v) is 6.96. The first kappa shape index (κ1) is 19.9. The number of pyridine rings is 1. The monoisotopic (exact) mass is 356 g/mol. The van der Waals surface area contributed by atoms with Crippen LogP contribution in [0.4, 0.5) is 4.39 Å². The number of hydrogen-bond donors (Lipinski definition) is 2. The predicted molar refractivity (Wildman–Crippen MR) is 106 cm³/mol. The van der Waals surface area contributed by atoms with E-state index in [-0.39, 0.29) is 11.9 Å². The standard InChI is InChI=1S/C21H29FN4/c1-14(2)19(18-7-6-10-24-12-18)13-25-21(23-5)26-16(4)17-9-8-15(3)20(22)11-17/h6-12,14,16,19H,13H2,1-5H3,(H2,23,25,26). The Kier molecular flexibility index (Phi) is 7.13. The Bertz CT molecular complexity index is 728. The maximum atomic E-state index is 13.8. The van der Waals surface area contributed by atoms with E-state index in [4.69, 9.17) is 0 Å². The number of hydrogen-bond acceptors (Lipinski definition) is 2. The zero-order valence-corrected chi connectivity index (χ0v) is 16.3. The Labute approximate surface area is 156 Å². The summed E-state index contributed by atoms with van der Waals surface area (Å²) in [5.74, 6) is 1.31. The molecule has 2 N–H and O–H groups in total. The second kappa shape index (κ2) is 9.32. The highest BCUT2D eigenvalue weighted by molar-refractivity contribution is 5.80. The van der Waals surface area contributed by atoms with Gasteiger partial charge < -0.3 is 10.6 Å². The number of benzene rings is 1. The molecule has 2 atom stereocenters. The molecule has 1 aromatic heterocycles. The van der Waals surface area contributed by atoms with E-state index in [2.05, 4.69) is 40.5 Å². The number of rotatable bonds is 6. The molecule has 0 aliphatic carbocycles. The third-order valence-corrected chi connectivity index (χ3v) is 4.68. The fourth-order valence-corrected chi connectivity index (χ4v) is 2.90. The van der Waals surface area contributed by atoms with Crippen LogP contribution in [0.1, 0.15) is 49.4 Å². The smallest absolute Gasteiger partial charge is 0.191 e. The lowest BCUT2D eigenvalue weighted by atomic mass is 9.89. The van der Waals surface area contributed by atoms with E-state index in [0.717, 1.165) is 12.1 Å². The average molecular weight is 356 g/mol. The number of nitrogens with one attached hydrogen (secondary N) is 2. The lowest BCUT2D eigenvalue weighted by molar-refractivity contribution is 0.485. The van der Waals surface area contributed by atoms with Crippen LogP contribution in [0.15, 0.2) is 47.7 Å². The molecular formula is C21H29FN4. The lowest BCUT2D eigenvalue weighted by Crippen LogP contribution is -2.41. The van der Waals surface area contributed by atoms with E-state index in [9.17, 15) is 4.39 Å². The van der Waals surface area contributed by atoms with Gasteiger partial charge in [-0.2, -0.15) is 0 Å². The first-order chi connectivity index (χ1) is 12.4. The van der Waals surface area contributed by atoms with Gasteiger partial charge in [-0.15, -0.1) is 0 Å². The Morgan fingerprint density at radius 3 is 2.54 bits per heavy atom. The predicted octanol–water partition coefficient (Wildman–Crippen LogP) is 4.19. The van der Waals surface area contributed by atoms with E-state index in [1.165, 1.54) is 5.56 Å². The number of aromatic nitrogens is 1. The van der Waals surface area contributed by atoms with Gasteiger partial charge in [0, 0.05) is 31.9 Å². The van der Waals surface area contributed by atoms with Crippen LogP contribution in [0.2, 0.25) is 0 Å². The van der Waals surface area contributed by atoms with Crippen LogP contribution < -0.4 is 10.6 Å². The zero-order chi connectivity index (χ0) is 19.1. The minimum absolute atomic E-state index is 0.0489. The van der Waals surface area contributed by atoms with E-state index < -0.39 is 0 Å². The van der Waals surface area contributed by atoms with Gasteiger partial charge in [-0.3, -0.25) is 9.98 Å². The molecule has 140 valence electrons. The fourth-order valence-electron chi connectivity index (χ4n) is 2.90. The number of halogens is 1. The van der Waals surface area contributed by atoms with Crippen LogP contribution in [-0.2, 0) is 0 Å². The summed E-state index contributed by atoms with van der Waals surface area (Å²) in [7, 11) is 1.74. The molecule has 1 aromatic carbocycles. The molecule has 0 fully saturated rings. The van der Waals surface area contributed by atoms with Gasteiger partial charge in [-0.1, -0.05) is 32.0 Å². The Hall–Kier alpha value is -2.43. The number of aryl methyl sites for hydroxylation is 1. The molecule has 0 amide bonds. The molecule has 0 aliphatic rings. The summed E-state index contributed by atoms with van der Waals surface area (Å²) >= 11 is 0. The quantitative estimate of drug-likeness (QED) is 0.602. The van der Waals surface area contributed by atoms with E-state index in [0.29, 0.717) is 23.4 Å². The van der Waals surface area contributed by atoms with Crippen LogP contribution in [0.3, 0.4) is 0 Å². The van der Waals surface area contributed by atoms with Crippen LogP contribution in [-0.4, -0.2) is 24.5 Å². The van der Waals surface area contributed by atoms with E-state index in [1.807, 2.05) is 25.3 Å². The van der Waals surface area contributed by atoms with Crippen molar-refractivity contribution in [3.8, 4) is 0 Å². The molecule has 26 heavy (non-hydrogen) atoms. The Morgan fingerprint density at radius 2 is 1.96 bits per heavy atom. The highest BCUT2D eigenvalue weighted by Crippen LogP contribution is 2.22. The van der Waals surface area contributed by atoms with Crippen LogP contribution in [0.5, 0.6) is 0 Å². The maximum absolute atomic E-state index is 13.8. The highest BCUT2D eigenvalue weighted by Gasteiger charge is 2.17. The Morgan fingerprint density at radius 1 is 1.19 bits per heavy atom. The molecule has 2 aromatic rings. The molecule has 2 rings (SSSR count). The van der Waals surface area contributed by atoms with E-state index >= 15 is 0 Å². The minimum atomic E-state index is -0.185. The summed E-state index contributed by atoms with van der Waals surface area (Å²) in [6.45, 7) is 8.92. The van der Waals surface area contributed by atoms with Crippen LogP contribution in [0, 0.1) is 18.7 Å². The number of aliphatic imine (C=N–C) groups is 1. The van der Waals surface area contributed by atoms with Crippen molar-refractivity contribution in [2.75, 3.05) is 13.6 Å². The van der Waals surface area contributed by atoms with Crippen molar-refractivity contribution in [3.63, 3.8) is 0 Å². The first-order valence-electron chi connectivity index (χ1n) is 9.05. The van der Waals surface area contributed by atoms with Crippen molar-refractivity contribution in [1.29, 1.82) is 0 Å². The summed E-state index contributed by atoms with van der Waals surface area (Å²) < 4.78 is 13.8. The van der Waals surface area contributed by atoms with Gasteiger partial charge in [0.25, 0.3) is 0 Å². The topological polar surface area (TPSA) is 49.3 Å². The molecule has 4 nitrogen and oxygen atoms in total. The van der Waals surface area contributed by atoms with Gasteiger partial charge in [-0.25, -0.2) is 4.39 Å². The fraction of sp³-hybridized carbons (Fsp3) is 0.429. The minimum Gasteiger partial charge on any atom is -0.356 e. The molecule has 0 radical (unpaired) electrons. The molecular weight excluding hydrogens is 327 g/mol. The first-order valence-corrected chi connectivity index (χ1v) is 9.05. The average Bonchev–Trinajstić information content (AvgIpc) is 2.63. The lowest BCUT2D eigenvalue weighted by Gasteiger charge is -2.24. The molecule has 2 unspecified atom stereocenters. The third-order valence-electron chi connectivity index (χ3n) is 4.68. The van der Waals surface area contributed by atoms with E-state index in [1.54, 1.807) is 32.3 Å². The van der Waals surface area contributed by atoms with Gasteiger partial charge in [0.15, 0.2) is 5.96 Å². The molecule has 0 aliphatic heterocycles. The molecule has 0 saturated heterocycles. The third kappa shape index (κ3) is 5.28. The van der Waals surface area contributed by atoms with Gasteiger partial charge in [0.05, 0.1) is 6.04 Å². The van der Waals surface area contributed by atoms with Crippen molar-refractivity contribution in [2.45, 2.75) is 39.7 Å². The van der Waals surface area contributed by atoms with Gasteiger partial charge in [-0.05, 0) is 48.6 Å². The van der Waals surface area contributed by atoms with Gasteiger partial charge >= 0.3 is 0 Å². The summed E-state index contributed by atoms with van der Waals surface area (Å²) in [5.41, 5.74) is 2.75. The van der Waals surface area contributed by atoms with Crippen molar-refractivity contribution in [1.82, 2.24) is 15.6 Å². The van der Waals surface area contributed by atoms with Crippen molar-refractivity contribution in [3.05, 3.63) is 65.2 Å². The SMILES string of the molecule is CN=C(NCC(c1cccnc1)C(C)C)NC(C)c1ccc(C)c(F)c1. The van der Waals surface area contributed by atoms with Gasteiger partial charge in [0.1, 0.15) is 5.82 Å². The summed E-state index contributed by atoms with van der Waals surface area (Å²) in [6, 6.07) is 9.34. The van der Waals surface area contributed by atoms with Crippen molar-refractivity contribution < 1.29 is 4.39 Å². The summed E-state index contributed by atoms with van der Waals surface area (Å²) in [5, 5.41) is 6.73. The molecule has 0 spiro atoms. The molecule has 0 bridgehead atoms. The van der Waals surface area contributed by atoms with Crippen molar-refractivity contribution in [2.24, 2.45) is 10.9 Å². The van der Waals surface area contributed by atoms with Crippen LogP contribution >= 0.6 is 0 Å². The zero-order valence-electron chi connectivity index (χ0n) is 16.3. The number of guanidine groups is 1.